The van der Waals surface area contributed by atoms with E-state index in [9.17, 15) is 10.2 Å². The molecule has 0 aromatic carbocycles. The molecule has 1 aliphatic rings. The minimum Gasteiger partial charge on any atom is -0.389 e. The van der Waals surface area contributed by atoms with E-state index in [2.05, 4.69) is 24.4 Å². The molecule has 0 unspecified atom stereocenters. The number of unbranched alkanes of at least 4 members (excludes halogenated alkanes) is 12. The Morgan fingerprint density at radius 3 is 1.93 bits per heavy atom. The summed E-state index contributed by atoms with van der Waals surface area (Å²) in [6.07, 6.45) is 21.8. The first-order chi connectivity index (χ1) is 13.3. The Morgan fingerprint density at radius 2 is 1.37 bits per heavy atom. The molecule has 160 valence electrons. The van der Waals surface area contributed by atoms with Gasteiger partial charge in [0.1, 0.15) is 0 Å². The maximum absolute atomic E-state index is 9.70. The topological polar surface area (TPSA) is 61.7 Å². The first-order valence-electron chi connectivity index (χ1n) is 11.6. The lowest BCUT2D eigenvalue weighted by Crippen LogP contribution is -2.37. The predicted octanol–water partition coefficient (Wildman–Crippen LogP) is 4.73. The van der Waals surface area contributed by atoms with Gasteiger partial charge in [0, 0.05) is 13.2 Å². The Bertz CT molecular complexity index is 349. The van der Waals surface area contributed by atoms with Crippen LogP contribution in [0.3, 0.4) is 0 Å². The molecule has 0 aromatic rings. The molecule has 1 fully saturated rings. The standard InChI is InChI=1S/C23H45NO3/c1-2-3-4-5-6-7-8-9-10-11-12-13-14-15-16-17-18-27-20-21-23(26)22(25)19-24-21/h9-10,21-26H,2-8,11-20H2,1H3/b10-9-/t21-,22-,23+/m0/s1. The Morgan fingerprint density at radius 1 is 0.815 bits per heavy atom. The molecule has 1 saturated heterocycles. The summed E-state index contributed by atoms with van der Waals surface area (Å²) < 4.78 is 5.61. The highest BCUT2D eigenvalue weighted by Crippen LogP contribution is 2.11. The van der Waals surface area contributed by atoms with E-state index in [1.807, 2.05) is 0 Å². The van der Waals surface area contributed by atoms with E-state index in [-0.39, 0.29) is 6.04 Å². The fourth-order valence-electron chi connectivity index (χ4n) is 3.60. The number of allylic oxidation sites excluding steroid dienone is 2. The van der Waals surface area contributed by atoms with Gasteiger partial charge in [-0.25, -0.2) is 0 Å². The van der Waals surface area contributed by atoms with E-state index in [4.69, 9.17) is 4.74 Å². The number of rotatable bonds is 18. The molecule has 1 rings (SSSR count). The van der Waals surface area contributed by atoms with Crippen molar-refractivity contribution in [1.29, 1.82) is 0 Å². The van der Waals surface area contributed by atoms with Crippen LogP contribution in [0.1, 0.15) is 96.8 Å². The number of aliphatic hydroxyl groups excluding tert-OH is 2. The highest BCUT2D eigenvalue weighted by Gasteiger charge is 2.32. The van der Waals surface area contributed by atoms with Gasteiger partial charge in [-0.1, -0.05) is 76.9 Å². The number of hydrogen-bond acceptors (Lipinski definition) is 4. The van der Waals surface area contributed by atoms with Crippen molar-refractivity contribution in [1.82, 2.24) is 5.32 Å². The maximum atomic E-state index is 9.70. The third-order valence-electron chi connectivity index (χ3n) is 5.49. The Hall–Kier alpha value is -0.420. The van der Waals surface area contributed by atoms with Gasteiger partial charge in [-0.2, -0.15) is 0 Å². The zero-order valence-electron chi connectivity index (χ0n) is 17.7. The highest BCUT2D eigenvalue weighted by molar-refractivity contribution is 4.90. The molecule has 0 radical (unpaired) electrons. The Balaban J connectivity index is 1.73. The van der Waals surface area contributed by atoms with Crippen LogP contribution in [0, 0.1) is 0 Å². The number of aliphatic hydroxyl groups is 2. The van der Waals surface area contributed by atoms with Crippen LogP contribution >= 0.6 is 0 Å². The van der Waals surface area contributed by atoms with E-state index >= 15 is 0 Å². The van der Waals surface area contributed by atoms with Crippen LogP contribution in [0.2, 0.25) is 0 Å². The van der Waals surface area contributed by atoms with Crippen molar-refractivity contribution >= 4 is 0 Å². The number of nitrogens with one attached hydrogen (secondary N) is 1. The highest BCUT2D eigenvalue weighted by atomic mass is 16.5. The Kier molecular flexibility index (Phi) is 16.1. The van der Waals surface area contributed by atoms with Gasteiger partial charge in [-0.15, -0.1) is 0 Å². The summed E-state index contributed by atoms with van der Waals surface area (Å²) in [4.78, 5) is 0. The molecule has 4 nitrogen and oxygen atoms in total. The van der Waals surface area contributed by atoms with Gasteiger partial charge in [-0.3, -0.25) is 0 Å². The predicted molar refractivity (Wildman–Crippen MR) is 114 cm³/mol. The molecule has 27 heavy (non-hydrogen) atoms. The van der Waals surface area contributed by atoms with Gasteiger partial charge in [-0.05, 0) is 32.1 Å². The number of β-amino-alcohol motifs (C(OH)–C–C–N with tert-alkyl or cyclic N) is 1. The van der Waals surface area contributed by atoms with Crippen molar-refractivity contribution in [3.05, 3.63) is 12.2 Å². The van der Waals surface area contributed by atoms with E-state index < -0.39 is 12.2 Å². The lowest BCUT2D eigenvalue weighted by atomic mass is 10.1. The van der Waals surface area contributed by atoms with Crippen LogP contribution in [-0.4, -0.2) is 48.2 Å². The normalized spacial score (nSPS) is 22.9. The molecule has 1 aliphatic heterocycles. The zero-order valence-corrected chi connectivity index (χ0v) is 17.7. The minimum absolute atomic E-state index is 0.117. The molecule has 0 spiro atoms. The second kappa shape index (κ2) is 17.7. The summed E-state index contributed by atoms with van der Waals surface area (Å²) in [6, 6.07) is -0.117. The molecular weight excluding hydrogens is 338 g/mol. The second-order valence-electron chi connectivity index (χ2n) is 8.09. The molecule has 3 N–H and O–H groups in total. The third kappa shape index (κ3) is 13.4. The molecular formula is C23H45NO3. The maximum Gasteiger partial charge on any atom is 0.0986 e. The van der Waals surface area contributed by atoms with Crippen molar-refractivity contribution < 1.29 is 14.9 Å². The quantitative estimate of drug-likeness (QED) is 0.236. The first kappa shape index (κ1) is 24.6. The lowest BCUT2D eigenvalue weighted by Gasteiger charge is -2.15. The van der Waals surface area contributed by atoms with Crippen LogP contribution in [0.4, 0.5) is 0 Å². The van der Waals surface area contributed by atoms with E-state index in [0.29, 0.717) is 13.2 Å². The van der Waals surface area contributed by atoms with Gasteiger partial charge < -0.3 is 20.3 Å². The van der Waals surface area contributed by atoms with E-state index in [1.165, 1.54) is 83.5 Å². The smallest absolute Gasteiger partial charge is 0.0986 e. The summed E-state index contributed by atoms with van der Waals surface area (Å²) in [5, 5.41) is 22.2. The second-order valence-corrected chi connectivity index (χ2v) is 8.09. The monoisotopic (exact) mass is 383 g/mol. The van der Waals surface area contributed by atoms with Crippen molar-refractivity contribution in [2.45, 2.75) is 115 Å². The molecule has 0 aromatic heterocycles. The molecule has 0 saturated carbocycles. The van der Waals surface area contributed by atoms with Gasteiger partial charge in [0.25, 0.3) is 0 Å². The third-order valence-corrected chi connectivity index (χ3v) is 5.49. The first-order valence-corrected chi connectivity index (χ1v) is 11.6. The largest absolute Gasteiger partial charge is 0.389 e. The fraction of sp³-hybridized carbons (Fsp3) is 0.913. The van der Waals surface area contributed by atoms with Gasteiger partial charge in [0.15, 0.2) is 0 Å². The molecule has 4 heteroatoms. The fourth-order valence-corrected chi connectivity index (χ4v) is 3.60. The van der Waals surface area contributed by atoms with Crippen molar-refractivity contribution in [3.8, 4) is 0 Å². The summed E-state index contributed by atoms with van der Waals surface area (Å²) >= 11 is 0. The molecule has 1 heterocycles. The molecule has 0 aliphatic carbocycles. The van der Waals surface area contributed by atoms with Gasteiger partial charge in [0.2, 0.25) is 0 Å². The SMILES string of the molecule is CCCCCCCC/C=C\CCCCCCCCOC[C@@H]1NC[C@H](O)[C@@H]1O. The van der Waals surface area contributed by atoms with Crippen molar-refractivity contribution in [3.63, 3.8) is 0 Å². The average molecular weight is 384 g/mol. The zero-order chi connectivity index (χ0) is 19.6. The summed E-state index contributed by atoms with van der Waals surface area (Å²) in [5.74, 6) is 0. The van der Waals surface area contributed by atoms with Crippen LogP contribution in [0.15, 0.2) is 12.2 Å². The number of ether oxygens (including phenoxy) is 1. The average Bonchev–Trinajstić information content (AvgIpc) is 2.99. The lowest BCUT2D eigenvalue weighted by molar-refractivity contribution is 0.0148. The van der Waals surface area contributed by atoms with Crippen molar-refractivity contribution in [2.24, 2.45) is 0 Å². The molecule has 0 amide bonds. The number of hydrogen-bond donors (Lipinski definition) is 3. The van der Waals surface area contributed by atoms with Crippen LogP contribution in [0.5, 0.6) is 0 Å². The molecule has 3 atom stereocenters. The van der Waals surface area contributed by atoms with Crippen LogP contribution in [0.25, 0.3) is 0 Å². The van der Waals surface area contributed by atoms with Gasteiger partial charge in [0.05, 0.1) is 24.9 Å². The minimum atomic E-state index is -0.690. The van der Waals surface area contributed by atoms with Crippen LogP contribution < -0.4 is 5.32 Å². The summed E-state index contributed by atoms with van der Waals surface area (Å²) in [5.41, 5.74) is 0. The van der Waals surface area contributed by atoms with Crippen molar-refractivity contribution in [2.75, 3.05) is 19.8 Å². The Labute approximate surface area is 167 Å². The van der Waals surface area contributed by atoms with Crippen LogP contribution in [-0.2, 0) is 4.74 Å². The van der Waals surface area contributed by atoms with E-state index in [1.54, 1.807) is 0 Å². The summed E-state index contributed by atoms with van der Waals surface area (Å²) in [7, 11) is 0. The molecule has 0 bridgehead atoms. The summed E-state index contributed by atoms with van der Waals surface area (Å²) in [6.45, 7) is 3.97. The van der Waals surface area contributed by atoms with Gasteiger partial charge >= 0.3 is 0 Å². The van der Waals surface area contributed by atoms with E-state index in [0.717, 1.165) is 13.0 Å².